The highest BCUT2D eigenvalue weighted by molar-refractivity contribution is 4.54. The van der Waals surface area contributed by atoms with E-state index < -0.39 is 6.10 Å². The second kappa shape index (κ2) is 11.3. The van der Waals surface area contributed by atoms with Crippen molar-refractivity contribution in [1.82, 2.24) is 5.32 Å². The molecule has 0 aromatic heterocycles. The topological polar surface area (TPSA) is 60.0 Å². The molecule has 0 fully saturated rings. The first-order valence-corrected chi connectivity index (χ1v) is 5.72. The van der Waals surface area contributed by atoms with Crippen LogP contribution in [0.5, 0.6) is 0 Å². The van der Waals surface area contributed by atoms with Gasteiger partial charge in [0.15, 0.2) is 0 Å². The minimum atomic E-state index is -0.559. The summed E-state index contributed by atoms with van der Waals surface area (Å²) in [6.07, 6.45) is -0.559. The summed E-state index contributed by atoms with van der Waals surface area (Å²) >= 11 is 0. The van der Waals surface area contributed by atoms with E-state index in [0.29, 0.717) is 39.1 Å². The quantitative estimate of drug-likeness (QED) is 0.495. The number of ether oxygens (including phenoxy) is 3. The van der Waals surface area contributed by atoms with Crippen LogP contribution in [0.1, 0.15) is 13.8 Å². The summed E-state index contributed by atoms with van der Waals surface area (Å²) in [4.78, 5) is 0. The molecule has 0 heterocycles. The lowest BCUT2D eigenvalue weighted by atomic mass is 10.4. The predicted octanol–water partition coefficient (Wildman–Crippen LogP) is 0.0249. The second-order valence-corrected chi connectivity index (χ2v) is 3.91. The molecule has 0 aliphatic heterocycles. The van der Waals surface area contributed by atoms with Crippen molar-refractivity contribution >= 4 is 0 Å². The Balaban J connectivity index is 3.14. The van der Waals surface area contributed by atoms with Gasteiger partial charge in [0.05, 0.1) is 33.0 Å². The Hall–Kier alpha value is -0.200. The molecule has 0 aliphatic carbocycles. The molecule has 5 nitrogen and oxygen atoms in total. The minimum absolute atomic E-state index is 0.293. The standard InChI is InChI=1S/C11H25NO4/c1-10(2)12-4-5-15-8-11(13)9-16-7-6-14-3/h10-13H,4-9H2,1-3H3. The number of rotatable bonds is 11. The third kappa shape index (κ3) is 11.9. The third-order valence-electron chi connectivity index (χ3n) is 1.85. The van der Waals surface area contributed by atoms with Gasteiger partial charge in [-0.25, -0.2) is 0 Å². The average Bonchev–Trinajstić information content (AvgIpc) is 2.23. The van der Waals surface area contributed by atoms with E-state index in [9.17, 15) is 5.11 Å². The molecule has 0 aromatic rings. The number of nitrogens with one attached hydrogen (secondary N) is 1. The van der Waals surface area contributed by atoms with Gasteiger partial charge >= 0.3 is 0 Å². The van der Waals surface area contributed by atoms with Crippen LogP contribution in [-0.2, 0) is 14.2 Å². The molecule has 0 bridgehead atoms. The van der Waals surface area contributed by atoms with Gasteiger partial charge in [-0.2, -0.15) is 0 Å². The summed E-state index contributed by atoms with van der Waals surface area (Å²) in [6, 6.07) is 0.464. The Morgan fingerprint density at radius 2 is 1.69 bits per heavy atom. The summed E-state index contributed by atoms with van der Waals surface area (Å²) in [5.74, 6) is 0. The van der Waals surface area contributed by atoms with Gasteiger partial charge in [-0.15, -0.1) is 0 Å². The monoisotopic (exact) mass is 235 g/mol. The lowest BCUT2D eigenvalue weighted by molar-refractivity contribution is -0.0277. The lowest BCUT2D eigenvalue weighted by Gasteiger charge is -2.12. The van der Waals surface area contributed by atoms with Gasteiger partial charge in [0.2, 0.25) is 0 Å². The van der Waals surface area contributed by atoms with E-state index >= 15 is 0 Å². The first-order valence-electron chi connectivity index (χ1n) is 5.72. The molecule has 0 aromatic carbocycles. The maximum atomic E-state index is 9.45. The van der Waals surface area contributed by atoms with E-state index in [4.69, 9.17) is 14.2 Å². The number of hydrogen-bond acceptors (Lipinski definition) is 5. The highest BCUT2D eigenvalue weighted by Gasteiger charge is 2.04. The number of aliphatic hydroxyl groups excluding tert-OH is 1. The molecule has 0 spiro atoms. The Morgan fingerprint density at radius 1 is 1.06 bits per heavy atom. The maximum absolute atomic E-state index is 9.45. The lowest BCUT2D eigenvalue weighted by Crippen LogP contribution is -2.29. The van der Waals surface area contributed by atoms with Crippen LogP contribution in [-0.4, -0.2) is 63.9 Å². The zero-order chi connectivity index (χ0) is 12.2. The average molecular weight is 235 g/mol. The van der Waals surface area contributed by atoms with Crippen LogP contribution in [0.2, 0.25) is 0 Å². The molecule has 1 atom stereocenters. The summed E-state index contributed by atoms with van der Waals surface area (Å²) in [7, 11) is 1.62. The first kappa shape index (κ1) is 15.8. The summed E-state index contributed by atoms with van der Waals surface area (Å²) < 4.78 is 15.3. The largest absolute Gasteiger partial charge is 0.388 e. The van der Waals surface area contributed by atoms with Crippen LogP contribution < -0.4 is 5.32 Å². The molecule has 0 saturated heterocycles. The molecular weight excluding hydrogens is 210 g/mol. The van der Waals surface area contributed by atoms with Gasteiger partial charge in [-0.05, 0) is 0 Å². The van der Waals surface area contributed by atoms with Crippen molar-refractivity contribution in [3.8, 4) is 0 Å². The number of aliphatic hydroxyl groups is 1. The molecule has 2 N–H and O–H groups in total. The highest BCUT2D eigenvalue weighted by Crippen LogP contribution is 1.88. The van der Waals surface area contributed by atoms with Gasteiger partial charge in [-0.3, -0.25) is 0 Å². The zero-order valence-corrected chi connectivity index (χ0v) is 10.6. The Bertz CT molecular complexity index is 144. The van der Waals surface area contributed by atoms with Crippen LogP contribution >= 0.6 is 0 Å². The molecule has 0 radical (unpaired) electrons. The highest BCUT2D eigenvalue weighted by atomic mass is 16.5. The van der Waals surface area contributed by atoms with Crippen LogP contribution in [0.4, 0.5) is 0 Å². The molecule has 0 amide bonds. The molecule has 0 saturated carbocycles. The second-order valence-electron chi connectivity index (χ2n) is 3.91. The van der Waals surface area contributed by atoms with E-state index in [1.54, 1.807) is 7.11 Å². The van der Waals surface area contributed by atoms with Gasteiger partial charge in [0.25, 0.3) is 0 Å². The van der Waals surface area contributed by atoms with Crippen molar-refractivity contribution in [2.24, 2.45) is 0 Å². The van der Waals surface area contributed by atoms with Crippen LogP contribution in [0.25, 0.3) is 0 Å². The molecule has 0 rings (SSSR count). The van der Waals surface area contributed by atoms with Crippen LogP contribution in [0, 0.1) is 0 Å². The summed E-state index contributed by atoms with van der Waals surface area (Å²) in [5.41, 5.74) is 0. The molecule has 98 valence electrons. The van der Waals surface area contributed by atoms with E-state index in [0.717, 1.165) is 6.54 Å². The normalized spacial score (nSPS) is 13.3. The SMILES string of the molecule is COCCOCC(O)COCCNC(C)C. The molecule has 1 unspecified atom stereocenters. The van der Waals surface area contributed by atoms with Crippen molar-refractivity contribution in [2.45, 2.75) is 26.0 Å². The van der Waals surface area contributed by atoms with Gasteiger partial charge in [0.1, 0.15) is 6.10 Å². The number of hydrogen-bond donors (Lipinski definition) is 2. The van der Waals surface area contributed by atoms with Gasteiger partial charge < -0.3 is 24.6 Å². The number of methoxy groups -OCH3 is 1. The Kier molecular flexibility index (Phi) is 11.1. The fourth-order valence-electron chi connectivity index (χ4n) is 1.05. The smallest absolute Gasteiger partial charge is 0.101 e. The van der Waals surface area contributed by atoms with Crippen molar-refractivity contribution in [3.63, 3.8) is 0 Å². The summed E-state index contributed by atoms with van der Waals surface area (Å²) in [6.45, 7) is 7.22. The van der Waals surface area contributed by atoms with Crippen molar-refractivity contribution in [3.05, 3.63) is 0 Å². The van der Waals surface area contributed by atoms with Gasteiger partial charge in [-0.1, -0.05) is 13.8 Å². The Morgan fingerprint density at radius 3 is 2.25 bits per heavy atom. The summed E-state index contributed by atoms with van der Waals surface area (Å²) in [5, 5.41) is 12.7. The van der Waals surface area contributed by atoms with E-state index in [1.807, 2.05) is 0 Å². The van der Waals surface area contributed by atoms with Crippen molar-refractivity contribution < 1.29 is 19.3 Å². The van der Waals surface area contributed by atoms with E-state index in [-0.39, 0.29) is 0 Å². The fourth-order valence-corrected chi connectivity index (χ4v) is 1.05. The van der Waals surface area contributed by atoms with Crippen LogP contribution in [0.15, 0.2) is 0 Å². The van der Waals surface area contributed by atoms with E-state index in [1.165, 1.54) is 0 Å². The van der Waals surface area contributed by atoms with Crippen molar-refractivity contribution in [2.75, 3.05) is 46.7 Å². The zero-order valence-electron chi connectivity index (χ0n) is 10.6. The predicted molar refractivity (Wildman–Crippen MR) is 62.7 cm³/mol. The Labute approximate surface area is 98.1 Å². The maximum Gasteiger partial charge on any atom is 0.101 e. The van der Waals surface area contributed by atoms with Crippen molar-refractivity contribution in [1.29, 1.82) is 0 Å². The van der Waals surface area contributed by atoms with Crippen LogP contribution in [0.3, 0.4) is 0 Å². The third-order valence-corrected chi connectivity index (χ3v) is 1.85. The first-order chi connectivity index (χ1) is 7.66. The minimum Gasteiger partial charge on any atom is -0.388 e. The molecule has 16 heavy (non-hydrogen) atoms. The van der Waals surface area contributed by atoms with Gasteiger partial charge in [0, 0.05) is 19.7 Å². The molecular formula is C11H25NO4. The van der Waals surface area contributed by atoms with E-state index in [2.05, 4.69) is 19.2 Å². The molecule has 5 heteroatoms. The fraction of sp³-hybridized carbons (Fsp3) is 1.00. The molecule has 0 aliphatic rings.